The van der Waals surface area contributed by atoms with E-state index >= 15 is 0 Å². The predicted octanol–water partition coefficient (Wildman–Crippen LogP) is 3.24. The summed E-state index contributed by atoms with van der Waals surface area (Å²) in [7, 11) is 0. The van der Waals surface area contributed by atoms with Gasteiger partial charge in [-0.2, -0.15) is 0 Å². The molecule has 0 N–H and O–H groups in total. The summed E-state index contributed by atoms with van der Waals surface area (Å²) in [5, 5.41) is 0. The SMILES string of the molecule is Brc1cccc(-n2cnc(I)c2I)n1. The molecule has 0 amide bonds. The molecule has 0 aromatic carbocycles. The Kier molecular flexibility index (Phi) is 3.42. The third-order valence-corrected chi connectivity index (χ3v) is 4.91. The minimum absolute atomic E-state index is 0.828. The minimum Gasteiger partial charge on any atom is -0.277 e. The van der Waals surface area contributed by atoms with E-state index in [1.807, 2.05) is 22.8 Å². The topological polar surface area (TPSA) is 30.7 Å². The maximum absolute atomic E-state index is 4.35. The lowest BCUT2D eigenvalue weighted by Crippen LogP contribution is -1.98. The molecule has 0 bridgehead atoms. The maximum atomic E-state index is 4.35. The van der Waals surface area contributed by atoms with Crippen LogP contribution >= 0.6 is 61.1 Å². The van der Waals surface area contributed by atoms with Crippen molar-refractivity contribution in [1.82, 2.24) is 14.5 Å². The van der Waals surface area contributed by atoms with Gasteiger partial charge in [-0.3, -0.25) is 4.57 Å². The van der Waals surface area contributed by atoms with Gasteiger partial charge >= 0.3 is 0 Å². The van der Waals surface area contributed by atoms with E-state index in [1.165, 1.54) is 0 Å². The van der Waals surface area contributed by atoms with Crippen LogP contribution in [-0.4, -0.2) is 14.5 Å². The molecule has 0 spiro atoms. The molecule has 2 rings (SSSR count). The standard InChI is InChI=1S/C8H4BrI2N3/c9-5-2-1-3-6(13-5)14-4-12-7(10)8(14)11/h1-4H. The van der Waals surface area contributed by atoms with Crippen LogP contribution in [0.25, 0.3) is 5.82 Å². The Labute approximate surface area is 117 Å². The Hall–Kier alpha value is 0.300. The van der Waals surface area contributed by atoms with E-state index in [9.17, 15) is 0 Å². The van der Waals surface area contributed by atoms with Crippen LogP contribution in [0.15, 0.2) is 29.1 Å². The molecule has 14 heavy (non-hydrogen) atoms. The van der Waals surface area contributed by atoms with Gasteiger partial charge in [-0.1, -0.05) is 6.07 Å². The highest BCUT2D eigenvalue weighted by atomic mass is 127. The predicted molar refractivity (Wildman–Crippen MR) is 74.5 cm³/mol. The van der Waals surface area contributed by atoms with Gasteiger partial charge in [-0.05, 0) is 73.2 Å². The number of nitrogens with zero attached hydrogens (tertiary/aromatic N) is 3. The first-order valence-electron chi connectivity index (χ1n) is 3.70. The number of rotatable bonds is 1. The molecule has 0 radical (unpaired) electrons. The molecule has 0 unspecified atom stereocenters. The molecule has 6 heteroatoms. The Bertz CT molecular complexity index is 469. The van der Waals surface area contributed by atoms with Gasteiger partial charge in [0.1, 0.15) is 24.1 Å². The number of hydrogen-bond acceptors (Lipinski definition) is 2. The molecule has 0 aliphatic rings. The highest BCUT2D eigenvalue weighted by Crippen LogP contribution is 2.18. The quantitative estimate of drug-likeness (QED) is 0.468. The molecule has 0 saturated heterocycles. The average Bonchev–Trinajstić information content (AvgIpc) is 2.48. The molecule has 2 aromatic rings. The first-order valence-corrected chi connectivity index (χ1v) is 6.65. The number of pyridine rings is 1. The third kappa shape index (κ3) is 2.11. The van der Waals surface area contributed by atoms with Crippen molar-refractivity contribution in [1.29, 1.82) is 0 Å². The zero-order valence-electron chi connectivity index (χ0n) is 6.78. The number of halogens is 3. The second-order valence-electron chi connectivity index (χ2n) is 2.51. The van der Waals surface area contributed by atoms with Gasteiger partial charge in [0.05, 0.1) is 0 Å². The molecule has 3 nitrogen and oxygen atoms in total. The molecule has 0 aliphatic carbocycles. The summed E-state index contributed by atoms with van der Waals surface area (Å²) >= 11 is 7.80. The highest BCUT2D eigenvalue weighted by molar-refractivity contribution is 14.1. The van der Waals surface area contributed by atoms with Crippen LogP contribution in [-0.2, 0) is 0 Å². The van der Waals surface area contributed by atoms with Gasteiger partial charge < -0.3 is 0 Å². The van der Waals surface area contributed by atoms with Crippen LogP contribution in [0.3, 0.4) is 0 Å². The number of hydrogen-bond donors (Lipinski definition) is 0. The van der Waals surface area contributed by atoms with Gasteiger partial charge in [-0.15, -0.1) is 0 Å². The molecular weight excluding hydrogens is 472 g/mol. The van der Waals surface area contributed by atoms with E-state index in [4.69, 9.17) is 0 Å². The van der Waals surface area contributed by atoms with E-state index in [1.54, 1.807) is 6.33 Å². The average molecular weight is 476 g/mol. The monoisotopic (exact) mass is 475 g/mol. The van der Waals surface area contributed by atoms with Crippen molar-refractivity contribution in [3.8, 4) is 5.82 Å². The fraction of sp³-hybridized carbons (Fsp3) is 0. The Morgan fingerprint density at radius 2 is 2.07 bits per heavy atom. The maximum Gasteiger partial charge on any atom is 0.140 e. The Balaban J connectivity index is 2.55. The van der Waals surface area contributed by atoms with Gasteiger partial charge in [0, 0.05) is 0 Å². The van der Waals surface area contributed by atoms with Crippen molar-refractivity contribution in [2.75, 3.05) is 0 Å². The Morgan fingerprint density at radius 3 is 2.64 bits per heavy atom. The van der Waals surface area contributed by atoms with Crippen LogP contribution in [0.5, 0.6) is 0 Å². The van der Waals surface area contributed by atoms with Gasteiger partial charge in [-0.25, -0.2) is 9.97 Å². The lowest BCUT2D eigenvalue weighted by molar-refractivity contribution is 0.962. The second kappa shape index (κ2) is 4.44. The molecule has 0 aliphatic heterocycles. The van der Waals surface area contributed by atoms with Crippen LogP contribution < -0.4 is 0 Å². The van der Waals surface area contributed by atoms with Gasteiger partial charge in [0.15, 0.2) is 0 Å². The van der Waals surface area contributed by atoms with Crippen molar-refractivity contribution in [3.05, 3.63) is 36.5 Å². The first kappa shape index (κ1) is 10.8. The molecule has 2 aromatic heterocycles. The molecule has 72 valence electrons. The lowest BCUT2D eigenvalue weighted by Gasteiger charge is -2.02. The molecule has 0 atom stereocenters. The first-order chi connectivity index (χ1) is 6.68. The largest absolute Gasteiger partial charge is 0.277 e. The van der Waals surface area contributed by atoms with Crippen molar-refractivity contribution in [3.63, 3.8) is 0 Å². The number of aromatic nitrogens is 3. The van der Waals surface area contributed by atoms with Gasteiger partial charge in [0.25, 0.3) is 0 Å². The summed E-state index contributed by atoms with van der Waals surface area (Å²) in [6.45, 7) is 0. The van der Waals surface area contributed by atoms with E-state index in [2.05, 4.69) is 71.1 Å². The summed E-state index contributed by atoms with van der Waals surface area (Å²) in [5.74, 6) is 0.874. The Morgan fingerprint density at radius 1 is 1.29 bits per heavy atom. The zero-order valence-corrected chi connectivity index (χ0v) is 12.7. The smallest absolute Gasteiger partial charge is 0.140 e. The number of imidazole rings is 1. The fourth-order valence-corrected chi connectivity index (χ4v) is 2.23. The second-order valence-corrected chi connectivity index (χ2v) is 5.37. The fourth-order valence-electron chi connectivity index (χ4n) is 1.00. The molecule has 2 heterocycles. The summed E-state index contributed by atoms with van der Waals surface area (Å²) < 4.78 is 4.85. The normalized spacial score (nSPS) is 10.5. The van der Waals surface area contributed by atoms with E-state index in [-0.39, 0.29) is 0 Å². The van der Waals surface area contributed by atoms with Crippen molar-refractivity contribution in [2.24, 2.45) is 0 Å². The van der Waals surface area contributed by atoms with E-state index in [0.29, 0.717) is 0 Å². The third-order valence-electron chi connectivity index (χ3n) is 1.62. The van der Waals surface area contributed by atoms with Crippen LogP contribution in [0.1, 0.15) is 0 Å². The van der Waals surface area contributed by atoms with E-state index < -0.39 is 0 Å². The summed E-state index contributed by atoms with van der Waals surface area (Å²) in [4.78, 5) is 8.56. The minimum atomic E-state index is 0.828. The summed E-state index contributed by atoms with van der Waals surface area (Å²) in [6.07, 6.45) is 1.78. The molecular formula is C8H4BrI2N3. The summed E-state index contributed by atoms with van der Waals surface area (Å²) in [6, 6.07) is 5.80. The lowest BCUT2D eigenvalue weighted by atomic mass is 10.5. The van der Waals surface area contributed by atoms with E-state index in [0.717, 1.165) is 17.8 Å². The van der Waals surface area contributed by atoms with Gasteiger partial charge in [0.2, 0.25) is 0 Å². The highest BCUT2D eigenvalue weighted by Gasteiger charge is 2.07. The van der Waals surface area contributed by atoms with Crippen LogP contribution in [0.2, 0.25) is 0 Å². The summed E-state index contributed by atoms with van der Waals surface area (Å²) in [5.41, 5.74) is 0. The molecule has 0 fully saturated rings. The van der Waals surface area contributed by atoms with Crippen molar-refractivity contribution in [2.45, 2.75) is 0 Å². The van der Waals surface area contributed by atoms with Crippen molar-refractivity contribution >= 4 is 61.1 Å². The van der Waals surface area contributed by atoms with Crippen LogP contribution in [0, 0.1) is 7.40 Å². The van der Waals surface area contributed by atoms with Crippen LogP contribution in [0.4, 0.5) is 0 Å². The van der Waals surface area contributed by atoms with Crippen molar-refractivity contribution < 1.29 is 0 Å². The molecule has 0 saturated carbocycles. The zero-order chi connectivity index (χ0) is 10.1.